The fraction of sp³-hybridized carbons (Fsp3) is 0.560. The normalized spacial score (nSPS) is 15.2. The first-order valence-electron chi connectivity index (χ1n) is 12.1. The molecule has 198 valence electrons. The summed E-state index contributed by atoms with van der Waals surface area (Å²) >= 11 is 0. The van der Waals surface area contributed by atoms with Gasteiger partial charge in [0.05, 0.1) is 10.6 Å². The van der Waals surface area contributed by atoms with Crippen LogP contribution >= 0.6 is 0 Å². The molecule has 1 fully saturated rings. The van der Waals surface area contributed by atoms with Crippen molar-refractivity contribution in [1.82, 2.24) is 14.9 Å². The molecule has 0 spiro atoms. The minimum Gasteiger partial charge on any atom is -0.444 e. The van der Waals surface area contributed by atoms with E-state index >= 15 is 0 Å². The molecule has 3 rings (SSSR count). The van der Waals surface area contributed by atoms with Crippen molar-refractivity contribution in [2.75, 3.05) is 36.1 Å². The van der Waals surface area contributed by atoms with Crippen molar-refractivity contribution >= 4 is 33.3 Å². The molecule has 1 aliphatic rings. The Morgan fingerprint density at radius 3 is 2.44 bits per heavy atom. The molecule has 36 heavy (non-hydrogen) atoms. The van der Waals surface area contributed by atoms with E-state index in [0.29, 0.717) is 30.6 Å². The lowest BCUT2D eigenvalue weighted by atomic mass is 9.96. The van der Waals surface area contributed by atoms with Gasteiger partial charge < -0.3 is 19.9 Å². The average Bonchev–Trinajstić information content (AvgIpc) is 2.77. The fourth-order valence-electron chi connectivity index (χ4n) is 4.01. The first-order valence-corrected chi connectivity index (χ1v) is 14.0. The topological polar surface area (TPSA) is 105 Å². The maximum atomic E-state index is 14.5. The standard InChI is InChI=1S/C25H36FN5O4S/c1-17(2)31(15-18-9-11-30(12-10-18)24(32)35-25(3,4)5)23-14-22(27-16-28-23)29-21-8-7-19(13-20(21)26)36(6,33)34/h7-8,13-14,16-18H,9-12,15H2,1-6H3,(H,27,28,29). The molecule has 0 unspecified atom stereocenters. The SMILES string of the molecule is CC(C)N(CC1CCN(C(=O)OC(C)(C)C)CC1)c1cc(Nc2ccc(S(C)(=O)=O)cc2F)ncn1. The monoisotopic (exact) mass is 521 g/mol. The van der Waals surface area contributed by atoms with Crippen LogP contribution in [0, 0.1) is 11.7 Å². The second-order valence-electron chi connectivity index (χ2n) is 10.5. The van der Waals surface area contributed by atoms with Crippen LogP contribution < -0.4 is 10.2 Å². The summed E-state index contributed by atoms with van der Waals surface area (Å²) in [5.74, 6) is 0.788. The molecule has 1 aromatic carbocycles. The maximum absolute atomic E-state index is 14.5. The minimum atomic E-state index is -3.50. The second-order valence-corrected chi connectivity index (χ2v) is 12.5. The molecule has 1 amide bonds. The molecular weight excluding hydrogens is 485 g/mol. The number of aromatic nitrogens is 2. The van der Waals surface area contributed by atoms with Gasteiger partial charge in [0.1, 0.15) is 29.4 Å². The summed E-state index contributed by atoms with van der Waals surface area (Å²) in [6.45, 7) is 11.8. The quantitative estimate of drug-likeness (QED) is 0.563. The van der Waals surface area contributed by atoms with Crippen molar-refractivity contribution in [3.05, 3.63) is 36.4 Å². The van der Waals surface area contributed by atoms with Gasteiger partial charge in [-0.05, 0) is 71.6 Å². The van der Waals surface area contributed by atoms with Crippen molar-refractivity contribution in [2.24, 2.45) is 5.92 Å². The van der Waals surface area contributed by atoms with E-state index in [-0.39, 0.29) is 22.7 Å². The highest BCUT2D eigenvalue weighted by Gasteiger charge is 2.28. The van der Waals surface area contributed by atoms with Crippen LogP contribution in [0.25, 0.3) is 0 Å². The van der Waals surface area contributed by atoms with Crippen LogP contribution in [0.3, 0.4) is 0 Å². The number of ether oxygens (including phenoxy) is 1. The largest absolute Gasteiger partial charge is 0.444 e. The van der Waals surface area contributed by atoms with Gasteiger partial charge in [0.2, 0.25) is 0 Å². The molecule has 11 heteroatoms. The van der Waals surface area contributed by atoms with E-state index < -0.39 is 21.3 Å². The Morgan fingerprint density at radius 1 is 1.22 bits per heavy atom. The summed E-state index contributed by atoms with van der Waals surface area (Å²) in [5.41, 5.74) is -0.391. The number of rotatable bonds is 7. The highest BCUT2D eigenvalue weighted by molar-refractivity contribution is 7.90. The lowest BCUT2D eigenvalue weighted by molar-refractivity contribution is 0.0186. The number of amides is 1. The zero-order valence-corrected chi connectivity index (χ0v) is 22.6. The number of anilines is 3. The highest BCUT2D eigenvalue weighted by Crippen LogP contribution is 2.27. The van der Waals surface area contributed by atoms with Gasteiger partial charge in [0.15, 0.2) is 9.84 Å². The van der Waals surface area contributed by atoms with E-state index in [9.17, 15) is 17.6 Å². The van der Waals surface area contributed by atoms with Crippen molar-refractivity contribution in [3.8, 4) is 0 Å². The molecule has 0 bridgehead atoms. The van der Waals surface area contributed by atoms with Gasteiger partial charge in [0.25, 0.3) is 0 Å². The van der Waals surface area contributed by atoms with Gasteiger partial charge in [-0.2, -0.15) is 0 Å². The number of likely N-dealkylation sites (tertiary alicyclic amines) is 1. The Labute approximate surface area is 213 Å². The molecule has 0 radical (unpaired) electrons. The summed E-state index contributed by atoms with van der Waals surface area (Å²) in [5, 5.41) is 2.92. The molecule has 1 aromatic heterocycles. The summed E-state index contributed by atoms with van der Waals surface area (Å²) in [6, 6.07) is 5.63. The zero-order valence-electron chi connectivity index (χ0n) is 21.8. The Bertz CT molecular complexity index is 1180. The van der Waals surface area contributed by atoms with Gasteiger partial charge in [-0.15, -0.1) is 0 Å². The summed E-state index contributed by atoms with van der Waals surface area (Å²) < 4.78 is 43.4. The van der Waals surface area contributed by atoms with E-state index in [1.807, 2.05) is 20.8 Å². The van der Waals surface area contributed by atoms with E-state index in [0.717, 1.165) is 31.7 Å². The molecule has 2 aromatic rings. The van der Waals surface area contributed by atoms with Crippen LogP contribution in [-0.2, 0) is 14.6 Å². The van der Waals surface area contributed by atoms with Gasteiger partial charge in [0, 0.05) is 38.0 Å². The highest BCUT2D eigenvalue weighted by atomic mass is 32.2. The Morgan fingerprint density at radius 2 is 1.89 bits per heavy atom. The van der Waals surface area contributed by atoms with Crippen molar-refractivity contribution < 1.29 is 22.3 Å². The van der Waals surface area contributed by atoms with Crippen LogP contribution in [0.4, 0.5) is 26.5 Å². The summed E-state index contributed by atoms with van der Waals surface area (Å²) in [4.78, 5) is 24.9. The third-order valence-corrected chi connectivity index (χ3v) is 7.03. The Balaban J connectivity index is 1.67. The van der Waals surface area contributed by atoms with E-state index in [2.05, 4.69) is 34.0 Å². The minimum absolute atomic E-state index is 0.0855. The summed E-state index contributed by atoms with van der Waals surface area (Å²) in [7, 11) is -3.50. The first-order chi connectivity index (χ1) is 16.7. The second kappa shape index (κ2) is 11.0. The number of hydrogen-bond donors (Lipinski definition) is 1. The number of benzene rings is 1. The van der Waals surface area contributed by atoms with Crippen LogP contribution in [0.5, 0.6) is 0 Å². The predicted octanol–water partition coefficient (Wildman–Crippen LogP) is 4.62. The van der Waals surface area contributed by atoms with Crippen molar-refractivity contribution in [1.29, 1.82) is 0 Å². The third kappa shape index (κ3) is 7.52. The van der Waals surface area contributed by atoms with Gasteiger partial charge in [-0.3, -0.25) is 0 Å². The molecule has 0 aliphatic carbocycles. The van der Waals surface area contributed by atoms with Gasteiger partial charge in [-0.1, -0.05) is 0 Å². The fourth-order valence-corrected chi connectivity index (χ4v) is 4.64. The number of carbonyl (C=O) groups is 1. The number of hydrogen-bond acceptors (Lipinski definition) is 8. The smallest absolute Gasteiger partial charge is 0.410 e. The average molecular weight is 522 g/mol. The van der Waals surface area contributed by atoms with E-state index in [1.54, 1.807) is 11.0 Å². The number of sulfone groups is 1. The molecule has 9 nitrogen and oxygen atoms in total. The molecule has 1 saturated heterocycles. The van der Waals surface area contributed by atoms with Gasteiger partial charge >= 0.3 is 6.09 Å². The molecule has 2 heterocycles. The lowest BCUT2D eigenvalue weighted by Gasteiger charge is -2.37. The van der Waals surface area contributed by atoms with E-state index in [1.165, 1.54) is 18.5 Å². The van der Waals surface area contributed by atoms with Crippen molar-refractivity contribution in [3.63, 3.8) is 0 Å². The Kier molecular flexibility index (Phi) is 8.43. The number of nitrogens with zero attached hydrogens (tertiary/aromatic N) is 4. The zero-order chi connectivity index (χ0) is 26.7. The van der Waals surface area contributed by atoms with E-state index in [4.69, 9.17) is 4.74 Å². The number of piperidine rings is 1. The molecule has 0 saturated carbocycles. The van der Waals surface area contributed by atoms with Crippen LogP contribution in [0.15, 0.2) is 35.5 Å². The predicted molar refractivity (Wildman–Crippen MR) is 138 cm³/mol. The number of nitrogens with one attached hydrogen (secondary N) is 1. The maximum Gasteiger partial charge on any atom is 0.410 e. The molecular formula is C25H36FN5O4S. The molecule has 1 aliphatic heterocycles. The molecule has 0 atom stereocenters. The first kappa shape index (κ1) is 27.6. The van der Waals surface area contributed by atoms with Crippen LogP contribution in [0.2, 0.25) is 0 Å². The van der Waals surface area contributed by atoms with Crippen molar-refractivity contribution in [2.45, 2.75) is 64.0 Å². The van der Waals surface area contributed by atoms with Crippen LogP contribution in [-0.4, -0.2) is 66.9 Å². The summed E-state index contributed by atoms with van der Waals surface area (Å²) in [6.07, 6.45) is 3.89. The third-order valence-electron chi connectivity index (χ3n) is 5.92. The van der Waals surface area contributed by atoms with Crippen LogP contribution in [0.1, 0.15) is 47.5 Å². The number of halogens is 1. The lowest BCUT2D eigenvalue weighted by Crippen LogP contribution is -2.45. The molecule has 1 N–H and O–H groups in total. The van der Waals surface area contributed by atoms with Gasteiger partial charge in [-0.25, -0.2) is 27.6 Å². The number of carbonyl (C=O) groups excluding carboxylic acids is 1. The Hall–Kier alpha value is -2.95.